The van der Waals surface area contributed by atoms with Crippen molar-refractivity contribution in [2.24, 2.45) is 11.8 Å². The van der Waals surface area contributed by atoms with Crippen molar-refractivity contribution >= 4 is 39.5 Å². The maximum Gasteiger partial charge on any atom is 0.472 e. The maximum atomic E-state index is 13.1. The highest BCUT2D eigenvalue weighted by atomic mass is 31.2. The minimum absolute atomic E-state index is 0.109. The zero-order valence-corrected chi connectivity index (χ0v) is 70.1. The van der Waals surface area contributed by atoms with Crippen LogP contribution in [0.4, 0.5) is 0 Å². The molecule has 17 nitrogen and oxygen atoms in total. The highest BCUT2D eigenvalue weighted by Gasteiger charge is 2.30. The van der Waals surface area contributed by atoms with Crippen molar-refractivity contribution in [1.82, 2.24) is 0 Å². The molecule has 0 bridgehead atoms. The Balaban J connectivity index is 5.21. The Kier molecular flexibility index (Phi) is 75.0. The van der Waals surface area contributed by atoms with Gasteiger partial charge in [-0.25, -0.2) is 9.13 Å². The van der Waals surface area contributed by atoms with Crippen molar-refractivity contribution in [2.75, 3.05) is 39.6 Å². The third kappa shape index (κ3) is 78.2. The molecule has 0 aliphatic heterocycles. The van der Waals surface area contributed by atoms with Gasteiger partial charge in [-0.1, -0.05) is 401 Å². The number of unbranched alkanes of at least 4 members (excludes halogenated alkanes) is 54. The van der Waals surface area contributed by atoms with Crippen LogP contribution >= 0.6 is 15.6 Å². The summed E-state index contributed by atoms with van der Waals surface area (Å²) in [6.45, 7) is 9.71. The lowest BCUT2D eigenvalue weighted by molar-refractivity contribution is -0.161. The molecule has 0 aromatic carbocycles. The van der Waals surface area contributed by atoms with Crippen LogP contribution in [-0.4, -0.2) is 96.7 Å². The summed E-state index contributed by atoms with van der Waals surface area (Å²) in [5.74, 6) is -0.481. The van der Waals surface area contributed by atoms with Gasteiger partial charge in [-0.05, 0) is 37.5 Å². The van der Waals surface area contributed by atoms with Crippen LogP contribution in [-0.2, 0) is 65.4 Å². The topological polar surface area (TPSA) is 237 Å². The third-order valence-electron chi connectivity index (χ3n) is 20.0. The quantitative estimate of drug-likeness (QED) is 0.0222. The number of rotatable bonds is 84. The zero-order valence-electron chi connectivity index (χ0n) is 68.3. The molecule has 0 heterocycles. The number of aliphatic hydroxyl groups is 1. The van der Waals surface area contributed by atoms with E-state index in [1.165, 1.54) is 270 Å². The SMILES string of the molecule is CCCCCCCCCCCCCCCCCCCC(=O)O[C@H](COC(=O)CCCCCCCCCCC)COP(=O)(O)OC[C@H](O)COP(=O)(O)OC[C@@H](COC(=O)CCCCCCCCCCCCCCCCCCC(C)C)OC(=O)CCCCCCCCCCCCCCCCCCC(C)C. The van der Waals surface area contributed by atoms with E-state index >= 15 is 0 Å². The smallest absolute Gasteiger partial charge is 0.462 e. The molecule has 0 rings (SSSR count). The number of hydrogen-bond donors (Lipinski definition) is 3. The van der Waals surface area contributed by atoms with Crippen LogP contribution in [0.2, 0.25) is 0 Å². The van der Waals surface area contributed by atoms with E-state index in [1.807, 2.05) is 0 Å². The minimum Gasteiger partial charge on any atom is -0.462 e. The molecule has 19 heteroatoms. The lowest BCUT2D eigenvalue weighted by Crippen LogP contribution is -2.30. The zero-order chi connectivity index (χ0) is 76.4. The molecule has 0 saturated heterocycles. The van der Waals surface area contributed by atoms with Crippen LogP contribution in [0, 0.1) is 11.8 Å². The highest BCUT2D eigenvalue weighted by Crippen LogP contribution is 2.45. The van der Waals surface area contributed by atoms with Crippen LogP contribution in [0.5, 0.6) is 0 Å². The normalized spacial score (nSPS) is 13.8. The number of aliphatic hydroxyl groups excluding tert-OH is 1. The number of phosphoric acid groups is 2. The van der Waals surface area contributed by atoms with Gasteiger partial charge in [-0.3, -0.25) is 37.3 Å². The Morgan fingerprint density at radius 2 is 0.442 bits per heavy atom. The van der Waals surface area contributed by atoms with Gasteiger partial charge in [-0.2, -0.15) is 0 Å². The lowest BCUT2D eigenvalue weighted by Gasteiger charge is -2.21. The Bertz CT molecular complexity index is 1990. The molecule has 0 fully saturated rings. The second-order valence-electron chi connectivity index (χ2n) is 31.5. The summed E-state index contributed by atoms with van der Waals surface area (Å²) in [6.07, 6.45) is 68.0. The first kappa shape index (κ1) is 102. The van der Waals surface area contributed by atoms with Gasteiger partial charge in [0, 0.05) is 25.7 Å². The summed E-state index contributed by atoms with van der Waals surface area (Å²) in [5, 5.41) is 10.7. The third-order valence-corrected chi connectivity index (χ3v) is 21.9. The summed E-state index contributed by atoms with van der Waals surface area (Å²) in [5.41, 5.74) is 0. The monoisotopic (exact) mass is 1520 g/mol. The molecule has 5 atom stereocenters. The molecule has 0 spiro atoms. The van der Waals surface area contributed by atoms with E-state index < -0.39 is 97.5 Å². The van der Waals surface area contributed by atoms with E-state index in [-0.39, 0.29) is 25.7 Å². The molecule has 0 aliphatic carbocycles. The van der Waals surface area contributed by atoms with Crippen molar-refractivity contribution in [3.63, 3.8) is 0 Å². The van der Waals surface area contributed by atoms with Crippen molar-refractivity contribution in [1.29, 1.82) is 0 Å². The van der Waals surface area contributed by atoms with Gasteiger partial charge in [0.25, 0.3) is 0 Å². The van der Waals surface area contributed by atoms with Gasteiger partial charge in [0.2, 0.25) is 0 Å². The summed E-state index contributed by atoms with van der Waals surface area (Å²) in [4.78, 5) is 73.1. The second kappa shape index (κ2) is 76.4. The average molecular weight is 1520 g/mol. The number of carbonyl (C=O) groups is 4. The molecule has 0 amide bonds. The van der Waals surface area contributed by atoms with Gasteiger partial charge >= 0.3 is 39.5 Å². The summed E-state index contributed by atoms with van der Waals surface area (Å²) >= 11 is 0. The molecule has 0 aromatic heterocycles. The molecular weight excluding hydrogens is 1350 g/mol. The second-order valence-corrected chi connectivity index (χ2v) is 34.4. The average Bonchev–Trinajstić information content (AvgIpc) is 0.929. The van der Waals surface area contributed by atoms with Crippen LogP contribution in [0.15, 0.2) is 0 Å². The van der Waals surface area contributed by atoms with Gasteiger partial charge in [0.15, 0.2) is 12.2 Å². The molecule has 0 radical (unpaired) electrons. The number of phosphoric ester groups is 2. The lowest BCUT2D eigenvalue weighted by atomic mass is 10.0. The van der Waals surface area contributed by atoms with Crippen molar-refractivity contribution < 1.29 is 80.2 Å². The van der Waals surface area contributed by atoms with E-state index in [9.17, 15) is 43.2 Å². The molecule has 0 saturated carbocycles. The van der Waals surface area contributed by atoms with Crippen LogP contribution in [0.25, 0.3) is 0 Å². The maximum absolute atomic E-state index is 13.1. The molecule has 0 aliphatic rings. The van der Waals surface area contributed by atoms with E-state index in [0.29, 0.717) is 25.7 Å². The Morgan fingerprint density at radius 1 is 0.260 bits per heavy atom. The fraction of sp³-hybridized carbons (Fsp3) is 0.953. The molecule has 0 aromatic rings. The predicted octanol–water partition coefficient (Wildman–Crippen LogP) is 25.8. The predicted molar refractivity (Wildman–Crippen MR) is 428 cm³/mol. The number of ether oxygens (including phenoxy) is 4. The first-order chi connectivity index (χ1) is 50.4. The summed E-state index contributed by atoms with van der Waals surface area (Å²) < 4.78 is 68.8. The Labute approximate surface area is 638 Å². The van der Waals surface area contributed by atoms with E-state index in [0.717, 1.165) is 102 Å². The van der Waals surface area contributed by atoms with E-state index in [1.54, 1.807) is 0 Å². The first-order valence-corrected chi connectivity index (χ1v) is 47.0. The molecule has 618 valence electrons. The Morgan fingerprint density at radius 3 is 0.654 bits per heavy atom. The standard InChI is InChI=1S/C85H166O17P2/c1-7-9-11-13-15-17-18-19-20-21-29-34-39-45-51-57-63-69-84(89)101-80(73-95-82(87)67-61-55-49-41-16-14-12-10-8-2)75-99-103(91,92)97-71-79(86)72-98-104(93,94)100-76-81(102-85(90)70-64-58-52-46-40-35-30-25-23-27-32-37-43-48-54-60-66-78(5)6)74-96-83(88)68-62-56-50-44-38-33-28-24-22-26-31-36-42-47-53-59-65-77(3)4/h77-81,86H,7-76H2,1-6H3,(H,91,92)(H,93,94)/t79-,80+,81+/m0/s1. The largest absolute Gasteiger partial charge is 0.472 e. The van der Waals surface area contributed by atoms with Crippen molar-refractivity contribution in [3.8, 4) is 0 Å². The number of esters is 4. The first-order valence-electron chi connectivity index (χ1n) is 44.0. The van der Waals surface area contributed by atoms with Crippen molar-refractivity contribution in [2.45, 2.75) is 471 Å². The van der Waals surface area contributed by atoms with Gasteiger partial charge < -0.3 is 33.8 Å². The molecule has 104 heavy (non-hydrogen) atoms. The van der Waals surface area contributed by atoms with Gasteiger partial charge in [0.1, 0.15) is 19.3 Å². The number of carbonyl (C=O) groups excluding carboxylic acids is 4. The van der Waals surface area contributed by atoms with Gasteiger partial charge in [0.05, 0.1) is 26.4 Å². The highest BCUT2D eigenvalue weighted by molar-refractivity contribution is 7.47. The minimum atomic E-state index is -4.96. The fourth-order valence-corrected chi connectivity index (χ4v) is 14.8. The Hall–Kier alpha value is -1.94. The van der Waals surface area contributed by atoms with Crippen LogP contribution < -0.4 is 0 Å². The molecule has 2 unspecified atom stereocenters. The summed E-state index contributed by atoms with van der Waals surface area (Å²) in [7, 11) is -9.92. The van der Waals surface area contributed by atoms with Crippen LogP contribution in [0.1, 0.15) is 452 Å². The fourth-order valence-electron chi connectivity index (χ4n) is 13.2. The van der Waals surface area contributed by atoms with Crippen molar-refractivity contribution in [3.05, 3.63) is 0 Å². The molecular formula is C85H166O17P2. The van der Waals surface area contributed by atoms with Crippen LogP contribution in [0.3, 0.4) is 0 Å². The number of hydrogen-bond acceptors (Lipinski definition) is 15. The molecule has 3 N–H and O–H groups in total. The van der Waals surface area contributed by atoms with Gasteiger partial charge in [-0.15, -0.1) is 0 Å². The van der Waals surface area contributed by atoms with E-state index in [4.69, 9.17) is 37.0 Å². The summed E-state index contributed by atoms with van der Waals surface area (Å²) in [6, 6.07) is 0. The van der Waals surface area contributed by atoms with E-state index in [2.05, 4.69) is 41.5 Å².